The third-order valence-corrected chi connectivity index (χ3v) is 4.13. The molecule has 2 rings (SSSR count). The van der Waals surface area contributed by atoms with Crippen LogP contribution in [0.15, 0.2) is 11.4 Å². The molecule has 4 heteroatoms. The van der Waals surface area contributed by atoms with E-state index < -0.39 is 0 Å². The summed E-state index contributed by atoms with van der Waals surface area (Å²) in [6.45, 7) is 4.37. The lowest BCUT2D eigenvalue weighted by atomic mass is 10.1. The highest BCUT2D eigenvalue weighted by Crippen LogP contribution is 2.24. The van der Waals surface area contributed by atoms with Crippen molar-refractivity contribution in [2.75, 3.05) is 13.1 Å². The number of amides is 1. The SMILES string of the molecule is CCc1ccsc1CN1CC(CN)CC1=O. The van der Waals surface area contributed by atoms with Crippen molar-refractivity contribution < 1.29 is 4.79 Å². The fourth-order valence-electron chi connectivity index (χ4n) is 2.16. The van der Waals surface area contributed by atoms with Crippen LogP contribution in [0.2, 0.25) is 0 Å². The number of thiophene rings is 1. The summed E-state index contributed by atoms with van der Waals surface area (Å²) in [7, 11) is 0. The van der Waals surface area contributed by atoms with Crippen molar-refractivity contribution in [3.05, 3.63) is 21.9 Å². The molecule has 88 valence electrons. The summed E-state index contributed by atoms with van der Waals surface area (Å²) in [4.78, 5) is 15.0. The smallest absolute Gasteiger partial charge is 0.223 e. The van der Waals surface area contributed by atoms with Crippen LogP contribution >= 0.6 is 11.3 Å². The molecule has 1 aromatic rings. The molecule has 0 bridgehead atoms. The molecule has 1 aliphatic heterocycles. The quantitative estimate of drug-likeness (QED) is 0.866. The summed E-state index contributed by atoms with van der Waals surface area (Å²) in [5, 5.41) is 2.11. The Bertz CT molecular complexity index is 375. The molecule has 3 nitrogen and oxygen atoms in total. The van der Waals surface area contributed by atoms with Crippen molar-refractivity contribution in [2.45, 2.75) is 26.3 Å². The van der Waals surface area contributed by atoms with Crippen LogP contribution in [0.1, 0.15) is 23.8 Å². The molecule has 16 heavy (non-hydrogen) atoms. The van der Waals surface area contributed by atoms with Crippen LogP contribution in [-0.2, 0) is 17.8 Å². The number of rotatable bonds is 4. The van der Waals surface area contributed by atoms with E-state index in [2.05, 4.69) is 18.4 Å². The zero-order valence-corrected chi connectivity index (χ0v) is 10.4. The van der Waals surface area contributed by atoms with Gasteiger partial charge in [-0.2, -0.15) is 0 Å². The van der Waals surface area contributed by atoms with Crippen molar-refractivity contribution in [1.82, 2.24) is 4.90 Å². The summed E-state index contributed by atoms with van der Waals surface area (Å²) in [5.41, 5.74) is 6.98. The molecule has 0 aromatic carbocycles. The van der Waals surface area contributed by atoms with Gasteiger partial charge >= 0.3 is 0 Å². The molecular formula is C12H18N2OS. The molecule has 1 aliphatic rings. The normalized spacial score (nSPS) is 20.8. The highest BCUT2D eigenvalue weighted by molar-refractivity contribution is 7.10. The Morgan fingerprint density at radius 3 is 3.06 bits per heavy atom. The second-order valence-corrected chi connectivity index (χ2v) is 5.30. The average Bonchev–Trinajstić information content (AvgIpc) is 2.86. The molecule has 2 heterocycles. The maximum absolute atomic E-state index is 11.7. The molecular weight excluding hydrogens is 220 g/mol. The van der Waals surface area contributed by atoms with Crippen LogP contribution in [-0.4, -0.2) is 23.9 Å². The van der Waals surface area contributed by atoms with Crippen LogP contribution in [0.25, 0.3) is 0 Å². The Labute approximate surface area is 100 Å². The van der Waals surface area contributed by atoms with E-state index in [4.69, 9.17) is 5.73 Å². The van der Waals surface area contributed by atoms with Crippen LogP contribution in [0, 0.1) is 5.92 Å². The van der Waals surface area contributed by atoms with Gasteiger partial charge in [-0.3, -0.25) is 4.79 Å². The van der Waals surface area contributed by atoms with Crippen LogP contribution in [0.3, 0.4) is 0 Å². The number of nitrogens with zero attached hydrogens (tertiary/aromatic N) is 1. The molecule has 0 radical (unpaired) electrons. The lowest BCUT2D eigenvalue weighted by Crippen LogP contribution is -2.25. The Balaban J connectivity index is 2.02. The van der Waals surface area contributed by atoms with Gasteiger partial charge in [-0.1, -0.05) is 6.92 Å². The zero-order chi connectivity index (χ0) is 11.5. The molecule has 0 spiro atoms. The van der Waals surface area contributed by atoms with Gasteiger partial charge in [0.25, 0.3) is 0 Å². The predicted octanol–water partition coefficient (Wildman–Crippen LogP) is 1.62. The van der Waals surface area contributed by atoms with Crippen LogP contribution < -0.4 is 5.73 Å². The monoisotopic (exact) mass is 238 g/mol. The summed E-state index contributed by atoms with van der Waals surface area (Å²) in [6.07, 6.45) is 1.67. The van der Waals surface area contributed by atoms with Crippen molar-refractivity contribution in [3.8, 4) is 0 Å². The number of hydrogen-bond donors (Lipinski definition) is 1. The van der Waals surface area contributed by atoms with Gasteiger partial charge in [0.2, 0.25) is 5.91 Å². The number of carbonyl (C=O) groups excluding carboxylic acids is 1. The van der Waals surface area contributed by atoms with Gasteiger partial charge in [-0.15, -0.1) is 11.3 Å². The van der Waals surface area contributed by atoms with Crippen molar-refractivity contribution in [2.24, 2.45) is 11.7 Å². The van der Waals surface area contributed by atoms with Gasteiger partial charge in [0, 0.05) is 17.8 Å². The molecule has 0 saturated carbocycles. The van der Waals surface area contributed by atoms with E-state index in [1.165, 1.54) is 10.4 Å². The van der Waals surface area contributed by atoms with Crippen LogP contribution in [0.4, 0.5) is 0 Å². The highest BCUT2D eigenvalue weighted by Gasteiger charge is 2.28. The first-order valence-electron chi connectivity index (χ1n) is 5.77. The maximum Gasteiger partial charge on any atom is 0.223 e. The summed E-state index contributed by atoms with van der Waals surface area (Å²) < 4.78 is 0. The van der Waals surface area contributed by atoms with Crippen LogP contribution in [0.5, 0.6) is 0 Å². The first-order valence-corrected chi connectivity index (χ1v) is 6.65. The number of likely N-dealkylation sites (tertiary alicyclic amines) is 1. The third kappa shape index (κ3) is 2.28. The van der Waals surface area contributed by atoms with Gasteiger partial charge in [-0.05, 0) is 35.9 Å². The van der Waals surface area contributed by atoms with Gasteiger partial charge in [0.15, 0.2) is 0 Å². The van der Waals surface area contributed by atoms with Gasteiger partial charge in [0.1, 0.15) is 0 Å². The zero-order valence-electron chi connectivity index (χ0n) is 9.61. The lowest BCUT2D eigenvalue weighted by molar-refractivity contribution is -0.128. The number of aryl methyl sites for hydroxylation is 1. The van der Waals surface area contributed by atoms with E-state index in [0.717, 1.165) is 19.5 Å². The number of hydrogen-bond acceptors (Lipinski definition) is 3. The summed E-state index contributed by atoms with van der Waals surface area (Å²) >= 11 is 1.75. The molecule has 1 amide bonds. The largest absolute Gasteiger partial charge is 0.337 e. The molecule has 2 N–H and O–H groups in total. The van der Waals surface area contributed by atoms with Gasteiger partial charge < -0.3 is 10.6 Å². The standard InChI is InChI=1S/C12H18N2OS/c1-2-10-3-4-16-11(10)8-14-7-9(6-13)5-12(14)15/h3-4,9H,2,5-8,13H2,1H3. The second-order valence-electron chi connectivity index (χ2n) is 4.30. The lowest BCUT2D eigenvalue weighted by Gasteiger charge is -2.16. The van der Waals surface area contributed by atoms with Crippen molar-refractivity contribution in [3.63, 3.8) is 0 Å². The molecule has 1 unspecified atom stereocenters. The Morgan fingerprint density at radius 2 is 2.44 bits per heavy atom. The Hall–Kier alpha value is -0.870. The molecule has 0 aliphatic carbocycles. The predicted molar refractivity (Wildman–Crippen MR) is 66.3 cm³/mol. The minimum Gasteiger partial charge on any atom is -0.337 e. The summed E-state index contributed by atoms with van der Waals surface area (Å²) in [6, 6.07) is 2.15. The summed E-state index contributed by atoms with van der Waals surface area (Å²) in [5.74, 6) is 0.614. The first-order chi connectivity index (χ1) is 7.74. The second kappa shape index (κ2) is 4.97. The molecule has 1 saturated heterocycles. The topological polar surface area (TPSA) is 46.3 Å². The minimum absolute atomic E-state index is 0.255. The Morgan fingerprint density at radius 1 is 1.62 bits per heavy atom. The van der Waals surface area contributed by atoms with E-state index in [-0.39, 0.29) is 5.91 Å². The fraction of sp³-hybridized carbons (Fsp3) is 0.583. The number of carbonyl (C=O) groups is 1. The maximum atomic E-state index is 11.7. The van der Waals surface area contributed by atoms with Crippen molar-refractivity contribution >= 4 is 17.2 Å². The minimum atomic E-state index is 0.255. The van der Waals surface area contributed by atoms with E-state index in [9.17, 15) is 4.79 Å². The molecule has 1 atom stereocenters. The van der Waals surface area contributed by atoms with E-state index >= 15 is 0 Å². The van der Waals surface area contributed by atoms with Gasteiger partial charge in [0.05, 0.1) is 6.54 Å². The number of nitrogens with two attached hydrogens (primary N) is 1. The average molecular weight is 238 g/mol. The molecule has 1 fully saturated rings. The van der Waals surface area contributed by atoms with Gasteiger partial charge in [-0.25, -0.2) is 0 Å². The van der Waals surface area contributed by atoms with Crippen molar-refractivity contribution in [1.29, 1.82) is 0 Å². The fourth-order valence-corrected chi connectivity index (χ4v) is 3.15. The Kier molecular flexibility index (Phi) is 3.61. The third-order valence-electron chi connectivity index (χ3n) is 3.18. The first kappa shape index (κ1) is 11.6. The van der Waals surface area contributed by atoms with E-state index in [0.29, 0.717) is 18.9 Å². The van der Waals surface area contributed by atoms with E-state index in [1.54, 1.807) is 11.3 Å². The highest BCUT2D eigenvalue weighted by atomic mass is 32.1. The van der Waals surface area contributed by atoms with E-state index in [1.807, 2.05) is 4.90 Å². The molecule has 1 aromatic heterocycles.